The Morgan fingerprint density at radius 2 is 1.78 bits per heavy atom. The Kier molecular flexibility index (Phi) is 11.3. The van der Waals surface area contributed by atoms with Gasteiger partial charge in [-0.15, -0.1) is 0 Å². The van der Waals surface area contributed by atoms with E-state index in [0.29, 0.717) is 17.9 Å². The van der Waals surface area contributed by atoms with Crippen molar-refractivity contribution >= 4 is 41.3 Å². The summed E-state index contributed by atoms with van der Waals surface area (Å²) in [4.78, 5) is 21.5. The van der Waals surface area contributed by atoms with Crippen LogP contribution in [0.5, 0.6) is 5.75 Å². The lowest BCUT2D eigenvalue weighted by atomic mass is 10.1. The van der Waals surface area contributed by atoms with Crippen molar-refractivity contribution in [3.05, 3.63) is 77.5 Å². The van der Waals surface area contributed by atoms with Crippen LogP contribution in [-0.2, 0) is 21.5 Å². The number of amides is 1. The van der Waals surface area contributed by atoms with Crippen LogP contribution in [0.1, 0.15) is 34.6 Å². The predicted molar refractivity (Wildman–Crippen MR) is 179 cm³/mol. The number of carbonyl (C=O) groups is 1. The number of hydrogen-bond acceptors (Lipinski definition) is 9. The normalized spacial score (nSPS) is 12.8. The minimum Gasteiger partial charge on any atom is -0.484 e. The molecule has 0 unspecified atom stereocenters. The molecule has 0 radical (unpaired) electrons. The summed E-state index contributed by atoms with van der Waals surface area (Å²) in [7, 11) is -6.36. The first-order valence-electron chi connectivity index (χ1n) is 15.0. The molecule has 0 fully saturated rings. The Morgan fingerprint density at radius 3 is 2.37 bits per heavy atom. The molecular formula is C31H37F4N7O5SSi. The van der Waals surface area contributed by atoms with Gasteiger partial charge < -0.3 is 20.5 Å². The minimum absolute atomic E-state index is 0.0350. The first-order valence-corrected chi connectivity index (χ1v) is 20.3. The summed E-state index contributed by atoms with van der Waals surface area (Å²) < 4.78 is 92.9. The Bertz CT molecular complexity index is 1880. The zero-order valence-corrected chi connectivity index (χ0v) is 29.2. The topological polar surface area (TPSA) is 163 Å². The van der Waals surface area contributed by atoms with E-state index in [4.69, 9.17) is 15.2 Å². The number of alkyl halides is 3. The van der Waals surface area contributed by atoms with Gasteiger partial charge in [0.05, 0.1) is 23.8 Å². The molecule has 264 valence electrons. The zero-order valence-electron chi connectivity index (χ0n) is 27.4. The maximum absolute atomic E-state index is 13.6. The van der Waals surface area contributed by atoms with Crippen molar-refractivity contribution in [1.82, 2.24) is 19.7 Å². The molecule has 0 saturated carbocycles. The van der Waals surface area contributed by atoms with E-state index in [1.165, 1.54) is 59.5 Å². The number of nitrogens with zero attached hydrogens (tertiary/aromatic N) is 4. The maximum atomic E-state index is 13.6. The van der Waals surface area contributed by atoms with E-state index in [2.05, 4.69) is 40.0 Å². The van der Waals surface area contributed by atoms with Crippen molar-refractivity contribution in [3.63, 3.8) is 0 Å². The molecule has 0 aliphatic rings. The lowest BCUT2D eigenvalue weighted by Crippen LogP contribution is -2.28. The summed E-state index contributed by atoms with van der Waals surface area (Å²) in [5.41, 5.74) is 6.84. The van der Waals surface area contributed by atoms with Gasteiger partial charge in [0.15, 0.2) is 5.75 Å². The van der Waals surface area contributed by atoms with Gasteiger partial charge in [-0.2, -0.15) is 18.3 Å². The van der Waals surface area contributed by atoms with Crippen LogP contribution in [0.15, 0.2) is 54.9 Å². The molecule has 4 aromatic rings. The van der Waals surface area contributed by atoms with Crippen LogP contribution in [0.2, 0.25) is 25.7 Å². The summed E-state index contributed by atoms with van der Waals surface area (Å²) in [5.74, 6) is -3.32. The Hall–Kier alpha value is -4.55. The molecule has 18 heteroatoms. The molecule has 2 aromatic heterocycles. The van der Waals surface area contributed by atoms with Gasteiger partial charge in [-0.05, 0) is 49.7 Å². The fourth-order valence-corrected chi connectivity index (χ4v) is 6.25. The van der Waals surface area contributed by atoms with Crippen molar-refractivity contribution in [3.8, 4) is 17.0 Å². The van der Waals surface area contributed by atoms with Gasteiger partial charge in [-0.1, -0.05) is 37.8 Å². The summed E-state index contributed by atoms with van der Waals surface area (Å²) >= 11 is 0. The van der Waals surface area contributed by atoms with E-state index in [9.17, 15) is 30.8 Å². The highest BCUT2D eigenvalue weighted by Gasteiger charge is 2.36. The largest absolute Gasteiger partial charge is 0.484 e. The van der Waals surface area contributed by atoms with Gasteiger partial charge in [0.25, 0.3) is 5.91 Å². The van der Waals surface area contributed by atoms with Crippen molar-refractivity contribution in [2.24, 2.45) is 5.73 Å². The number of nitrogens with one attached hydrogen (secondary N) is 2. The second-order valence-corrected chi connectivity index (χ2v) is 19.8. The molecule has 1 atom stereocenters. The summed E-state index contributed by atoms with van der Waals surface area (Å²) in [6.45, 7) is 10.3. The third-order valence-electron chi connectivity index (χ3n) is 6.95. The first kappa shape index (κ1) is 37.3. The van der Waals surface area contributed by atoms with Gasteiger partial charge in [-0.3, -0.25) is 14.5 Å². The maximum Gasteiger partial charge on any atom is 0.404 e. The summed E-state index contributed by atoms with van der Waals surface area (Å²) in [6, 6.07) is 9.98. The number of hydrogen-bond donors (Lipinski definition) is 3. The van der Waals surface area contributed by atoms with E-state index >= 15 is 0 Å². The van der Waals surface area contributed by atoms with E-state index in [-0.39, 0.29) is 46.6 Å². The second kappa shape index (κ2) is 14.9. The van der Waals surface area contributed by atoms with Crippen molar-refractivity contribution in [2.45, 2.75) is 58.5 Å². The zero-order chi connectivity index (χ0) is 36.1. The molecular weight excluding hydrogens is 687 g/mol. The highest BCUT2D eigenvalue weighted by molar-refractivity contribution is 7.92. The van der Waals surface area contributed by atoms with E-state index in [1.807, 2.05) is 4.72 Å². The molecule has 0 bridgehead atoms. The van der Waals surface area contributed by atoms with Gasteiger partial charge in [-0.25, -0.2) is 22.5 Å². The number of anilines is 3. The molecule has 2 heterocycles. The second-order valence-electron chi connectivity index (χ2n) is 12.5. The fourth-order valence-electron chi connectivity index (χ4n) is 4.49. The van der Waals surface area contributed by atoms with Crippen LogP contribution >= 0.6 is 0 Å². The van der Waals surface area contributed by atoms with Gasteiger partial charge in [0, 0.05) is 20.2 Å². The third-order valence-corrected chi connectivity index (χ3v) is 9.90. The lowest BCUT2D eigenvalue weighted by Gasteiger charge is -2.20. The molecule has 49 heavy (non-hydrogen) atoms. The van der Waals surface area contributed by atoms with Crippen LogP contribution in [0.4, 0.5) is 34.9 Å². The van der Waals surface area contributed by atoms with Crippen LogP contribution in [0.3, 0.4) is 0 Å². The SMILES string of the molecule is Cc1cnc(Nc2c(C(N)=O)c(-c3ccc(NS(=O)(=O)CC(F)(F)F)c(O[C@@H](C)c4ccc(F)cc4)c3)nn2COCC[Si](C)(C)C)cn1. The van der Waals surface area contributed by atoms with Gasteiger partial charge in [0.1, 0.15) is 47.3 Å². The average molecular weight is 724 g/mol. The quantitative estimate of drug-likeness (QED) is 0.0717. The number of sulfonamides is 1. The molecule has 0 aliphatic heterocycles. The van der Waals surface area contributed by atoms with Gasteiger partial charge in [0.2, 0.25) is 10.0 Å². The standard InChI is InChI=1S/C31H37F4N7O5SSi/c1-19-15-38-26(16-37-19)39-30-27(29(36)43)28(40-42(30)18-46-12-13-49(3,4)5)22-8-11-24(41-48(44,45)17-31(33,34)35)25(14-22)47-20(2)21-6-9-23(32)10-7-21/h6-11,14-16,20,41H,12-13,17-18H2,1-5H3,(H2,36,43)(H,38,39)/t20-/m0/s1. The van der Waals surface area contributed by atoms with E-state index in [0.717, 1.165) is 6.04 Å². The lowest BCUT2D eigenvalue weighted by molar-refractivity contribution is -0.106. The fraction of sp³-hybridized carbons (Fsp3) is 0.355. The predicted octanol–water partition coefficient (Wildman–Crippen LogP) is 6.39. The van der Waals surface area contributed by atoms with Crippen molar-refractivity contribution in [1.29, 1.82) is 0 Å². The van der Waals surface area contributed by atoms with Crippen LogP contribution in [-0.4, -0.2) is 60.7 Å². The Morgan fingerprint density at radius 1 is 1.08 bits per heavy atom. The number of primary amides is 1. The Balaban J connectivity index is 1.82. The number of rotatable bonds is 15. The number of carbonyl (C=O) groups excluding carboxylic acids is 1. The molecule has 0 spiro atoms. The van der Waals surface area contributed by atoms with Crippen LogP contribution in [0, 0.1) is 12.7 Å². The first-order chi connectivity index (χ1) is 22.8. The highest BCUT2D eigenvalue weighted by atomic mass is 32.2. The Labute approximate surface area is 282 Å². The van der Waals surface area contributed by atoms with E-state index < -0.39 is 47.9 Å². The summed E-state index contributed by atoms with van der Waals surface area (Å²) in [5, 5.41) is 7.63. The number of nitrogens with two attached hydrogens (primary N) is 1. The van der Waals surface area contributed by atoms with Crippen LogP contribution in [0.25, 0.3) is 11.3 Å². The minimum atomic E-state index is -5.01. The van der Waals surface area contributed by atoms with Crippen LogP contribution < -0.4 is 20.5 Å². The smallest absolute Gasteiger partial charge is 0.404 e. The number of benzene rings is 2. The molecule has 2 aromatic carbocycles. The molecule has 4 N–H and O–H groups in total. The number of aromatic nitrogens is 4. The molecule has 1 amide bonds. The molecule has 12 nitrogen and oxygen atoms in total. The van der Waals surface area contributed by atoms with Gasteiger partial charge >= 0.3 is 6.18 Å². The number of ether oxygens (including phenoxy) is 2. The molecule has 0 aliphatic carbocycles. The summed E-state index contributed by atoms with van der Waals surface area (Å²) in [6.07, 6.45) is -2.87. The number of aryl methyl sites for hydroxylation is 1. The molecule has 0 saturated heterocycles. The van der Waals surface area contributed by atoms with Crippen molar-refractivity contribution in [2.75, 3.05) is 22.4 Å². The monoisotopic (exact) mass is 723 g/mol. The third kappa shape index (κ3) is 10.7. The number of halogens is 4. The van der Waals surface area contributed by atoms with Crippen molar-refractivity contribution < 1.29 is 40.2 Å². The average Bonchev–Trinajstić information content (AvgIpc) is 3.34. The highest BCUT2D eigenvalue weighted by Crippen LogP contribution is 2.38. The van der Waals surface area contributed by atoms with E-state index in [1.54, 1.807) is 13.8 Å². The molecule has 4 rings (SSSR count).